The van der Waals surface area contributed by atoms with E-state index < -0.39 is 6.03 Å². The van der Waals surface area contributed by atoms with Gasteiger partial charge in [0.1, 0.15) is 0 Å². The fourth-order valence-electron chi connectivity index (χ4n) is 3.40. The van der Waals surface area contributed by atoms with Crippen LogP contribution in [0.15, 0.2) is 78.9 Å². The molecule has 4 N–H and O–H groups in total. The number of urea groups is 1. The molecule has 0 aliphatic heterocycles. The van der Waals surface area contributed by atoms with Gasteiger partial charge in [0.05, 0.1) is 0 Å². The van der Waals surface area contributed by atoms with E-state index in [0.29, 0.717) is 34.7 Å². The minimum absolute atomic E-state index is 0.146. The number of amides is 4. The summed E-state index contributed by atoms with van der Waals surface area (Å²) in [6, 6.07) is 22.1. The molecule has 0 spiro atoms. The average molecular weight is 474 g/mol. The molecule has 0 fully saturated rings. The molecule has 3 aromatic rings. The summed E-state index contributed by atoms with van der Waals surface area (Å²) in [7, 11) is 0. The first-order chi connectivity index (χ1) is 17.0. The van der Waals surface area contributed by atoms with E-state index in [0.717, 1.165) is 19.6 Å². The van der Waals surface area contributed by atoms with Crippen LogP contribution in [0.5, 0.6) is 0 Å². The number of nitrogens with one attached hydrogen (secondary N) is 4. The Morgan fingerprint density at radius 3 is 1.66 bits per heavy atom. The van der Waals surface area contributed by atoms with Gasteiger partial charge in [0.15, 0.2) is 0 Å². The fraction of sp³-hybridized carbons (Fsp3) is 0.222. The lowest BCUT2D eigenvalue weighted by Gasteiger charge is -2.18. The van der Waals surface area contributed by atoms with Crippen LogP contribution in [0.2, 0.25) is 0 Å². The largest absolute Gasteiger partial charge is 0.351 e. The maximum atomic E-state index is 12.3. The Morgan fingerprint density at radius 1 is 0.629 bits per heavy atom. The van der Waals surface area contributed by atoms with E-state index in [1.54, 1.807) is 72.8 Å². The van der Waals surface area contributed by atoms with Crippen molar-refractivity contribution in [1.29, 1.82) is 0 Å². The predicted octanol–water partition coefficient (Wildman–Crippen LogP) is 4.65. The number of benzene rings is 3. The summed E-state index contributed by atoms with van der Waals surface area (Å²) in [6.45, 7) is 7.47. The number of carbonyl (C=O) groups excluding carboxylic acids is 3. The standard InChI is InChI=1S/C27H31N5O3/c1-3-32(4-2)19-18-28-25(33)21-10-12-23(13-11-21)30-27(35)31-24-16-14-22(15-17-24)29-26(34)20-8-6-5-7-9-20/h5-17H,3-4,18-19H2,1-2H3,(H,28,33)(H,29,34)(H2,30,31,35). The molecule has 35 heavy (non-hydrogen) atoms. The van der Waals surface area contributed by atoms with Crippen molar-refractivity contribution in [3.8, 4) is 0 Å². The quantitative estimate of drug-likeness (QED) is 0.344. The Kier molecular flexibility index (Phi) is 9.39. The van der Waals surface area contributed by atoms with Crippen LogP contribution in [0, 0.1) is 0 Å². The smallest absolute Gasteiger partial charge is 0.323 e. The monoisotopic (exact) mass is 473 g/mol. The third-order valence-electron chi connectivity index (χ3n) is 5.45. The highest BCUT2D eigenvalue weighted by molar-refractivity contribution is 6.04. The molecule has 0 heterocycles. The van der Waals surface area contributed by atoms with Gasteiger partial charge < -0.3 is 26.2 Å². The topological polar surface area (TPSA) is 103 Å². The van der Waals surface area contributed by atoms with Crippen LogP contribution in [-0.2, 0) is 0 Å². The summed E-state index contributed by atoms with van der Waals surface area (Å²) in [5, 5.41) is 11.2. The molecule has 0 saturated carbocycles. The first-order valence-corrected chi connectivity index (χ1v) is 11.6. The minimum Gasteiger partial charge on any atom is -0.351 e. The Balaban J connectivity index is 1.46. The highest BCUT2D eigenvalue weighted by Crippen LogP contribution is 2.16. The Bertz CT molecular complexity index is 1110. The number of anilines is 3. The van der Waals surface area contributed by atoms with Crippen LogP contribution in [-0.4, -0.2) is 48.9 Å². The van der Waals surface area contributed by atoms with Crippen molar-refractivity contribution in [3.63, 3.8) is 0 Å². The zero-order chi connectivity index (χ0) is 25.0. The van der Waals surface area contributed by atoms with Crippen molar-refractivity contribution < 1.29 is 14.4 Å². The summed E-state index contributed by atoms with van der Waals surface area (Å²) in [5.41, 5.74) is 2.86. The van der Waals surface area contributed by atoms with E-state index in [1.165, 1.54) is 0 Å². The maximum Gasteiger partial charge on any atom is 0.323 e. The molecule has 0 saturated heterocycles. The van der Waals surface area contributed by atoms with Crippen LogP contribution in [0.3, 0.4) is 0 Å². The van der Waals surface area contributed by atoms with Crippen LogP contribution < -0.4 is 21.3 Å². The lowest BCUT2D eigenvalue weighted by atomic mass is 10.2. The summed E-state index contributed by atoms with van der Waals surface area (Å²) in [4.78, 5) is 39.1. The molecule has 4 amide bonds. The molecule has 3 aromatic carbocycles. The van der Waals surface area contributed by atoms with E-state index in [4.69, 9.17) is 0 Å². The second-order valence-corrected chi connectivity index (χ2v) is 7.84. The molecule has 0 unspecified atom stereocenters. The summed E-state index contributed by atoms with van der Waals surface area (Å²) >= 11 is 0. The van der Waals surface area contributed by atoms with Crippen molar-refractivity contribution in [2.45, 2.75) is 13.8 Å². The van der Waals surface area contributed by atoms with Crippen molar-refractivity contribution in [3.05, 3.63) is 90.0 Å². The number of likely N-dealkylation sites (N-methyl/N-ethyl adjacent to an activating group) is 1. The first kappa shape index (κ1) is 25.5. The van der Waals surface area contributed by atoms with Crippen LogP contribution in [0.4, 0.5) is 21.9 Å². The van der Waals surface area contributed by atoms with Gasteiger partial charge in [0.25, 0.3) is 11.8 Å². The third kappa shape index (κ3) is 7.97. The Labute approximate surface area is 205 Å². The lowest BCUT2D eigenvalue weighted by Crippen LogP contribution is -2.34. The van der Waals surface area contributed by atoms with Crippen LogP contribution in [0.25, 0.3) is 0 Å². The molecule has 0 aliphatic carbocycles. The number of hydrogen-bond donors (Lipinski definition) is 4. The van der Waals surface area contributed by atoms with E-state index in [1.807, 2.05) is 6.07 Å². The molecule has 0 aliphatic rings. The summed E-state index contributed by atoms with van der Waals surface area (Å²) in [6.07, 6.45) is 0. The molecule has 0 aromatic heterocycles. The van der Waals surface area contributed by atoms with Gasteiger partial charge in [-0.1, -0.05) is 32.0 Å². The van der Waals surface area contributed by atoms with Crippen molar-refractivity contribution >= 4 is 34.9 Å². The molecular formula is C27H31N5O3. The zero-order valence-corrected chi connectivity index (χ0v) is 20.0. The van der Waals surface area contributed by atoms with Gasteiger partial charge in [-0.3, -0.25) is 9.59 Å². The summed E-state index contributed by atoms with van der Waals surface area (Å²) in [5.74, 6) is -0.349. The molecular weight excluding hydrogens is 442 g/mol. The van der Waals surface area contributed by atoms with Crippen LogP contribution in [0.1, 0.15) is 34.6 Å². The minimum atomic E-state index is -0.414. The highest BCUT2D eigenvalue weighted by atomic mass is 16.2. The molecule has 3 rings (SSSR count). The van der Waals surface area contributed by atoms with Crippen LogP contribution >= 0.6 is 0 Å². The molecule has 182 valence electrons. The Hall–Kier alpha value is -4.17. The lowest BCUT2D eigenvalue weighted by molar-refractivity contribution is 0.0948. The van der Waals surface area contributed by atoms with Gasteiger partial charge in [-0.25, -0.2) is 4.79 Å². The molecule has 8 nitrogen and oxygen atoms in total. The van der Waals surface area contributed by atoms with Gasteiger partial charge in [-0.15, -0.1) is 0 Å². The third-order valence-corrected chi connectivity index (χ3v) is 5.45. The fourth-order valence-corrected chi connectivity index (χ4v) is 3.40. The Morgan fingerprint density at radius 2 is 1.11 bits per heavy atom. The van der Waals surface area contributed by atoms with Crippen molar-refractivity contribution in [2.75, 3.05) is 42.1 Å². The van der Waals surface area contributed by atoms with E-state index in [-0.39, 0.29) is 11.8 Å². The molecule has 0 bridgehead atoms. The molecule has 0 atom stereocenters. The number of hydrogen-bond acceptors (Lipinski definition) is 4. The first-order valence-electron chi connectivity index (χ1n) is 11.6. The highest BCUT2D eigenvalue weighted by Gasteiger charge is 2.09. The predicted molar refractivity (Wildman–Crippen MR) is 140 cm³/mol. The van der Waals surface area contributed by atoms with Gasteiger partial charge in [-0.05, 0) is 73.8 Å². The molecule has 0 radical (unpaired) electrons. The van der Waals surface area contributed by atoms with Gasteiger partial charge in [0, 0.05) is 41.3 Å². The second-order valence-electron chi connectivity index (χ2n) is 7.84. The normalized spacial score (nSPS) is 10.5. The summed E-state index contributed by atoms with van der Waals surface area (Å²) < 4.78 is 0. The molecule has 8 heteroatoms. The van der Waals surface area contributed by atoms with Gasteiger partial charge in [-0.2, -0.15) is 0 Å². The number of carbonyl (C=O) groups is 3. The number of nitrogens with zero attached hydrogens (tertiary/aromatic N) is 1. The van der Waals surface area contributed by atoms with E-state index >= 15 is 0 Å². The van der Waals surface area contributed by atoms with Gasteiger partial charge >= 0.3 is 6.03 Å². The zero-order valence-electron chi connectivity index (χ0n) is 20.0. The second kappa shape index (κ2) is 12.9. The average Bonchev–Trinajstić information content (AvgIpc) is 2.88. The van der Waals surface area contributed by atoms with E-state index in [9.17, 15) is 14.4 Å². The van der Waals surface area contributed by atoms with E-state index in [2.05, 4.69) is 40.0 Å². The van der Waals surface area contributed by atoms with Gasteiger partial charge in [0.2, 0.25) is 0 Å². The SMILES string of the molecule is CCN(CC)CCNC(=O)c1ccc(NC(=O)Nc2ccc(NC(=O)c3ccccc3)cc2)cc1. The van der Waals surface area contributed by atoms with Crippen molar-refractivity contribution in [1.82, 2.24) is 10.2 Å². The van der Waals surface area contributed by atoms with Crippen molar-refractivity contribution in [2.24, 2.45) is 0 Å². The maximum absolute atomic E-state index is 12.3. The number of rotatable bonds is 10.